The number of benzene rings is 8. The molecule has 0 amide bonds. The molecule has 0 aromatic heterocycles. The van der Waals surface area contributed by atoms with E-state index in [0.29, 0.717) is 0 Å². The zero-order valence-corrected chi connectivity index (χ0v) is 31.7. The van der Waals surface area contributed by atoms with Crippen molar-refractivity contribution in [2.45, 2.75) is 38.5 Å². The lowest BCUT2D eigenvalue weighted by Gasteiger charge is -2.32. The smallest absolute Gasteiger partial charge is 0.0725 e. The number of hydrogen-bond acceptors (Lipinski definition) is 1. The van der Waals surface area contributed by atoms with E-state index in [2.05, 4.69) is 209 Å². The molecule has 0 fully saturated rings. The van der Waals surface area contributed by atoms with E-state index in [1.54, 1.807) is 0 Å². The number of rotatable bonds is 4. The predicted octanol–water partition coefficient (Wildman–Crippen LogP) is 14.1. The van der Waals surface area contributed by atoms with Crippen LogP contribution in [-0.2, 0) is 10.8 Å². The average molecular weight is 704 g/mol. The molecular weight excluding hydrogens is 663 g/mol. The molecule has 11 rings (SSSR count). The molecule has 0 N–H and O–H groups in total. The van der Waals surface area contributed by atoms with Crippen molar-refractivity contribution in [3.63, 3.8) is 0 Å². The highest BCUT2D eigenvalue weighted by Crippen LogP contribution is 2.63. The van der Waals surface area contributed by atoms with Gasteiger partial charge in [0.05, 0.1) is 11.1 Å². The van der Waals surface area contributed by atoms with Crippen LogP contribution in [0, 0.1) is 13.8 Å². The third-order valence-electron chi connectivity index (χ3n) is 12.9. The van der Waals surface area contributed by atoms with Crippen LogP contribution in [-0.4, -0.2) is 0 Å². The number of nitrogens with zero attached hydrogens (tertiary/aromatic N) is 1. The van der Waals surface area contributed by atoms with E-state index in [4.69, 9.17) is 0 Å². The molecule has 8 aromatic rings. The summed E-state index contributed by atoms with van der Waals surface area (Å²) in [6.45, 7) is 9.30. The van der Waals surface area contributed by atoms with Gasteiger partial charge in [-0.3, -0.25) is 0 Å². The molecule has 1 heteroatoms. The van der Waals surface area contributed by atoms with Crippen molar-refractivity contribution in [3.8, 4) is 44.5 Å². The molecular formula is C54H41N. The Morgan fingerprint density at radius 3 is 1.38 bits per heavy atom. The standard InChI is InChI=1S/C54H41N/c1-34-30-37(36-16-6-5-7-17-36)31-35(2)52(34)55(39-26-28-44-40-18-8-12-22-46(40)53(3,4)51(44)33-39)38-27-29-50-45(32-38)43-21-11-15-25-49(43)54(50)47-23-13-9-19-41(47)42-20-10-14-24-48(42)54/h5-33H,1-4H3. The Kier molecular flexibility index (Phi) is 6.72. The summed E-state index contributed by atoms with van der Waals surface area (Å²) in [6, 6.07) is 66.1. The molecule has 262 valence electrons. The minimum Gasteiger partial charge on any atom is -0.310 e. The Bertz CT molecular complexity index is 2810. The fraction of sp³-hybridized carbons (Fsp3) is 0.111. The van der Waals surface area contributed by atoms with Gasteiger partial charge in [0.2, 0.25) is 0 Å². The molecule has 0 unspecified atom stereocenters. The maximum absolute atomic E-state index is 2.53. The Labute approximate surface area is 324 Å². The van der Waals surface area contributed by atoms with Crippen molar-refractivity contribution < 1.29 is 0 Å². The topological polar surface area (TPSA) is 3.24 Å². The second-order valence-electron chi connectivity index (χ2n) is 16.2. The van der Waals surface area contributed by atoms with Crippen LogP contribution < -0.4 is 4.90 Å². The second kappa shape index (κ2) is 11.5. The lowest BCUT2D eigenvalue weighted by Crippen LogP contribution is -2.25. The van der Waals surface area contributed by atoms with Crippen LogP contribution in [0.2, 0.25) is 0 Å². The van der Waals surface area contributed by atoms with E-state index in [-0.39, 0.29) is 10.8 Å². The first-order valence-corrected chi connectivity index (χ1v) is 19.5. The monoisotopic (exact) mass is 703 g/mol. The molecule has 3 aliphatic rings. The Morgan fingerprint density at radius 1 is 0.345 bits per heavy atom. The van der Waals surface area contributed by atoms with E-state index in [0.717, 1.165) is 5.69 Å². The molecule has 0 saturated carbocycles. The average Bonchev–Trinajstić information content (AvgIpc) is 3.78. The first-order valence-electron chi connectivity index (χ1n) is 19.5. The van der Waals surface area contributed by atoms with Crippen molar-refractivity contribution in [1.82, 2.24) is 0 Å². The minimum absolute atomic E-state index is 0.110. The van der Waals surface area contributed by atoms with Crippen LogP contribution in [0.15, 0.2) is 176 Å². The quantitative estimate of drug-likeness (QED) is 0.176. The van der Waals surface area contributed by atoms with Gasteiger partial charge >= 0.3 is 0 Å². The van der Waals surface area contributed by atoms with Crippen LogP contribution in [0.3, 0.4) is 0 Å². The molecule has 55 heavy (non-hydrogen) atoms. The third kappa shape index (κ3) is 4.30. The lowest BCUT2D eigenvalue weighted by atomic mass is 9.70. The third-order valence-corrected chi connectivity index (χ3v) is 12.9. The summed E-state index contributed by atoms with van der Waals surface area (Å²) < 4.78 is 0. The molecule has 8 aromatic carbocycles. The minimum atomic E-state index is -0.366. The van der Waals surface area contributed by atoms with Gasteiger partial charge in [-0.05, 0) is 139 Å². The first-order chi connectivity index (χ1) is 26.9. The van der Waals surface area contributed by atoms with Gasteiger partial charge in [0.25, 0.3) is 0 Å². The van der Waals surface area contributed by atoms with Crippen molar-refractivity contribution >= 4 is 17.1 Å². The van der Waals surface area contributed by atoms with Gasteiger partial charge in [0.15, 0.2) is 0 Å². The SMILES string of the molecule is Cc1cc(-c2ccccc2)cc(C)c1N(c1ccc2c(c1)-c1ccccc1C21c2ccccc2-c2ccccc21)c1ccc2c(c1)C(C)(C)c1ccccc1-2. The Hall–Kier alpha value is -6.44. The van der Waals surface area contributed by atoms with Crippen molar-refractivity contribution in [3.05, 3.63) is 220 Å². The van der Waals surface area contributed by atoms with E-state index in [9.17, 15) is 0 Å². The van der Waals surface area contributed by atoms with Gasteiger partial charge < -0.3 is 4.90 Å². The van der Waals surface area contributed by atoms with E-state index >= 15 is 0 Å². The molecule has 0 radical (unpaired) electrons. The summed E-state index contributed by atoms with van der Waals surface area (Å²) in [4.78, 5) is 2.53. The Balaban J connectivity index is 1.16. The van der Waals surface area contributed by atoms with Crippen LogP contribution in [0.25, 0.3) is 44.5 Å². The normalized spacial score (nSPS) is 14.5. The summed E-state index contributed by atoms with van der Waals surface area (Å²) in [5.41, 5.74) is 24.2. The predicted molar refractivity (Wildman–Crippen MR) is 230 cm³/mol. The first kappa shape index (κ1) is 32.0. The van der Waals surface area contributed by atoms with Crippen molar-refractivity contribution in [2.24, 2.45) is 0 Å². The fourth-order valence-electron chi connectivity index (χ4n) is 10.6. The largest absolute Gasteiger partial charge is 0.310 e. The number of fused-ring (bicyclic) bond motifs is 13. The summed E-state index contributed by atoms with van der Waals surface area (Å²) in [5.74, 6) is 0. The zero-order chi connectivity index (χ0) is 37.1. The van der Waals surface area contributed by atoms with Crippen LogP contribution in [0.1, 0.15) is 58.4 Å². The number of aryl methyl sites for hydroxylation is 2. The van der Waals surface area contributed by atoms with E-state index < -0.39 is 0 Å². The highest BCUT2D eigenvalue weighted by Gasteiger charge is 2.51. The summed E-state index contributed by atoms with van der Waals surface area (Å²) >= 11 is 0. The van der Waals surface area contributed by atoms with Crippen molar-refractivity contribution in [1.29, 1.82) is 0 Å². The van der Waals surface area contributed by atoms with E-state index in [1.807, 2.05) is 0 Å². The van der Waals surface area contributed by atoms with E-state index in [1.165, 1.54) is 100 Å². The lowest BCUT2D eigenvalue weighted by molar-refractivity contribution is 0.660. The van der Waals surface area contributed by atoms with Crippen LogP contribution >= 0.6 is 0 Å². The molecule has 1 spiro atoms. The van der Waals surface area contributed by atoms with Gasteiger partial charge in [-0.2, -0.15) is 0 Å². The van der Waals surface area contributed by atoms with Crippen LogP contribution in [0.4, 0.5) is 17.1 Å². The summed E-state index contributed by atoms with van der Waals surface area (Å²) in [5, 5.41) is 0. The molecule has 0 saturated heterocycles. The molecule has 3 aliphatic carbocycles. The second-order valence-corrected chi connectivity index (χ2v) is 16.2. The maximum Gasteiger partial charge on any atom is 0.0725 e. The fourth-order valence-corrected chi connectivity index (χ4v) is 10.6. The molecule has 0 bridgehead atoms. The number of hydrogen-bond donors (Lipinski definition) is 0. The van der Waals surface area contributed by atoms with Gasteiger partial charge in [-0.25, -0.2) is 0 Å². The number of anilines is 3. The van der Waals surface area contributed by atoms with Gasteiger partial charge in [0, 0.05) is 16.8 Å². The highest BCUT2D eigenvalue weighted by atomic mass is 15.1. The van der Waals surface area contributed by atoms with Crippen molar-refractivity contribution in [2.75, 3.05) is 4.90 Å². The Morgan fingerprint density at radius 2 is 0.782 bits per heavy atom. The maximum atomic E-state index is 2.53. The van der Waals surface area contributed by atoms with Gasteiger partial charge in [0.1, 0.15) is 0 Å². The molecule has 0 heterocycles. The summed E-state index contributed by atoms with van der Waals surface area (Å²) in [6.07, 6.45) is 0. The van der Waals surface area contributed by atoms with Gasteiger partial charge in [-0.1, -0.05) is 153 Å². The van der Waals surface area contributed by atoms with Crippen LogP contribution in [0.5, 0.6) is 0 Å². The van der Waals surface area contributed by atoms with Gasteiger partial charge in [-0.15, -0.1) is 0 Å². The zero-order valence-electron chi connectivity index (χ0n) is 31.7. The molecule has 0 aliphatic heterocycles. The molecule has 0 atom stereocenters. The molecule has 1 nitrogen and oxygen atoms in total. The highest BCUT2D eigenvalue weighted by molar-refractivity contribution is 5.97. The summed E-state index contributed by atoms with van der Waals surface area (Å²) in [7, 11) is 0.